The SMILES string of the molecule is Cc1cc2c(Nc3cc(Cl)ccc3O)nc(-c3ccccc3)nc2s1. The van der Waals surface area contributed by atoms with Gasteiger partial charge in [0.05, 0.1) is 11.1 Å². The fourth-order valence-corrected chi connectivity index (χ4v) is 3.64. The first-order chi connectivity index (χ1) is 12.1. The molecule has 0 fully saturated rings. The van der Waals surface area contributed by atoms with Gasteiger partial charge < -0.3 is 10.4 Å². The van der Waals surface area contributed by atoms with Crippen molar-refractivity contribution in [1.29, 1.82) is 0 Å². The monoisotopic (exact) mass is 367 g/mol. The number of phenols is 1. The van der Waals surface area contributed by atoms with Crippen molar-refractivity contribution in [3.05, 3.63) is 64.5 Å². The first kappa shape index (κ1) is 15.9. The standard InChI is InChI=1S/C19H14ClN3OS/c1-11-9-14-18(21-15-10-13(20)7-8-16(15)24)22-17(23-19(14)25-11)12-5-3-2-4-6-12/h2-10,24H,1H3,(H,21,22,23). The third-order valence-electron chi connectivity index (χ3n) is 3.76. The zero-order valence-corrected chi connectivity index (χ0v) is 14.9. The van der Waals surface area contributed by atoms with E-state index in [2.05, 4.69) is 15.3 Å². The number of aromatic hydroxyl groups is 1. The molecule has 2 aromatic carbocycles. The second-order valence-electron chi connectivity index (χ2n) is 5.62. The Hall–Kier alpha value is -2.63. The maximum atomic E-state index is 10.1. The zero-order chi connectivity index (χ0) is 17.4. The number of hydrogen-bond acceptors (Lipinski definition) is 5. The number of anilines is 2. The number of fused-ring (bicyclic) bond motifs is 1. The molecule has 25 heavy (non-hydrogen) atoms. The van der Waals surface area contributed by atoms with Gasteiger partial charge in [0.25, 0.3) is 0 Å². The Kier molecular flexibility index (Phi) is 4.03. The number of hydrogen-bond donors (Lipinski definition) is 2. The number of nitrogens with zero attached hydrogens (tertiary/aromatic N) is 2. The largest absolute Gasteiger partial charge is 0.506 e. The molecule has 6 heteroatoms. The van der Waals surface area contributed by atoms with Crippen LogP contribution >= 0.6 is 22.9 Å². The number of nitrogens with one attached hydrogen (secondary N) is 1. The lowest BCUT2D eigenvalue weighted by Gasteiger charge is -2.11. The summed E-state index contributed by atoms with van der Waals surface area (Å²) < 4.78 is 0. The van der Waals surface area contributed by atoms with E-state index < -0.39 is 0 Å². The van der Waals surface area contributed by atoms with Gasteiger partial charge in [-0.2, -0.15) is 0 Å². The van der Waals surface area contributed by atoms with Crippen LogP contribution in [0.1, 0.15) is 4.88 Å². The summed E-state index contributed by atoms with van der Waals surface area (Å²) in [6.07, 6.45) is 0. The fourth-order valence-electron chi connectivity index (χ4n) is 2.59. The van der Waals surface area contributed by atoms with E-state index in [9.17, 15) is 5.11 Å². The van der Waals surface area contributed by atoms with Crippen LogP contribution in [-0.2, 0) is 0 Å². The van der Waals surface area contributed by atoms with E-state index in [4.69, 9.17) is 11.6 Å². The number of benzene rings is 2. The van der Waals surface area contributed by atoms with Gasteiger partial charge in [0.1, 0.15) is 16.4 Å². The predicted octanol–water partition coefficient (Wildman–Crippen LogP) is 5.77. The number of phenolic OH excluding ortho intramolecular Hbond substituents is 1. The highest BCUT2D eigenvalue weighted by Crippen LogP contribution is 2.35. The molecule has 4 nitrogen and oxygen atoms in total. The summed E-state index contributed by atoms with van der Waals surface area (Å²) in [6.45, 7) is 2.04. The van der Waals surface area contributed by atoms with Crippen molar-refractivity contribution in [2.45, 2.75) is 6.92 Å². The van der Waals surface area contributed by atoms with Gasteiger partial charge in [-0.05, 0) is 31.2 Å². The molecule has 124 valence electrons. The molecule has 4 aromatic rings. The minimum Gasteiger partial charge on any atom is -0.506 e. The summed E-state index contributed by atoms with van der Waals surface area (Å²) in [7, 11) is 0. The van der Waals surface area contributed by atoms with Gasteiger partial charge in [-0.15, -0.1) is 11.3 Å². The first-order valence-electron chi connectivity index (χ1n) is 7.69. The summed E-state index contributed by atoms with van der Waals surface area (Å²) in [6, 6.07) is 16.7. The van der Waals surface area contributed by atoms with E-state index in [1.165, 1.54) is 0 Å². The lowest BCUT2D eigenvalue weighted by Crippen LogP contribution is -1.98. The average molecular weight is 368 g/mol. The number of rotatable bonds is 3. The van der Waals surface area contributed by atoms with Crippen molar-refractivity contribution in [3.8, 4) is 17.1 Å². The van der Waals surface area contributed by atoms with Crippen LogP contribution in [0.15, 0.2) is 54.6 Å². The maximum absolute atomic E-state index is 10.1. The van der Waals surface area contributed by atoms with Gasteiger partial charge in [0.15, 0.2) is 5.82 Å². The van der Waals surface area contributed by atoms with Crippen LogP contribution < -0.4 is 5.32 Å². The first-order valence-corrected chi connectivity index (χ1v) is 8.89. The highest BCUT2D eigenvalue weighted by atomic mass is 35.5. The van der Waals surface area contributed by atoms with E-state index in [-0.39, 0.29) is 5.75 Å². The maximum Gasteiger partial charge on any atom is 0.163 e. The normalized spacial score (nSPS) is 11.0. The van der Waals surface area contributed by atoms with Crippen LogP contribution in [0.25, 0.3) is 21.6 Å². The Morgan fingerprint density at radius 3 is 2.64 bits per heavy atom. The zero-order valence-electron chi connectivity index (χ0n) is 13.3. The van der Waals surface area contributed by atoms with E-state index in [0.29, 0.717) is 22.4 Å². The quantitative estimate of drug-likeness (QED) is 0.451. The molecule has 0 atom stereocenters. The molecule has 4 rings (SSSR count). The summed E-state index contributed by atoms with van der Waals surface area (Å²) in [5.74, 6) is 1.40. The minimum atomic E-state index is 0.115. The molecule has 0 amide bonds. The molecule has 2 heterocycles. The topological polar surface area (TPSA) is 58.0 Å². The number of thiophene rings is 1. The molecule has 0 spiro atoms. The van der Waals surface area contributed by atoms with Gasteiger partial charge in [0.2, 0.25) is 0 Å². The molecule has 0 unspecified atom stereocenters. The van der Waals surface area contributed by atoms with Crippen molar-refractivity contribution in [3.63, 3.8) is 0 Å². The molecular formula is C19H14ClN3OS. The van der Waals surface area contributed by atoms with Gasteiger partial charge >= 0.3 is 0 Å². The van der Waals surface area contributed by atoms with Crippen molar-refractivity contribution < 1.29 is 5.11 Å². The van der Waals surface area contributed by atoms with Crippen LogP contribution in [-0.4, -0.2) is 15.1 Å². The van der Waals surface area contributed by atoms with E-state index in [1.54, 1.807) is 29.5 Å². The molecule has 0 bridgehead atoms. The lowest BCUT2D eigenvalue weighted by atomic mass is 10.2. The molecule has 2 aromatic heterocycles. The van der Waals surface area contributed by atoms with Gasteiger partial charge in [-0.3, -0.25) is 0 Å². The Labute approximate surface area is 153 Å². The van der Waals surface area contributed by atoms with Crippen molar-refractivity contribution in [2.75, 3.05) is 5.32 Å². The van der Waals surface area contributed by atoms with Crippen molar-refractivity contribution >= 4 is 44.7 Å². The van der Waals surface area contributed by atoms with Crippen LogP contribution in [0.3, 0.4) is 0 Å². The second-order valence-corrected chi connectivity index (χ2v) is 7.30. The number of aryl methyl sites for hydroxylation is 1. The molecule has 0 radical (unpaired) electrons. The Balaban J connectivity index is 1.88. The van der Waals surface area contributed by atoms with E-state index in [1.807, 2.05) is 43.3 Å². The van der Waals surface area contributed by atoms with Crippen LogP contribution in [0.5, 0.6) is 5.75 Å². The third-order valence-corrected chi connectivity index (χ3v) is 4.94. The van der Waals surface area contributed by atoms with Crippen LogP contribution in [0.2, 0.25) is 5.02 Å². The summed E-state index contributed by atoms with van der Waals surface area (Å²) in [5.41, 5.74) is 1.45. The highest BCUT2D eigenvalue weighted by molar-refractivity contribution is 7.18. The fraction of sp³-hybridized carbons (Fsp3) is 0.0526. The minimum absolute atomic E-state index is 0.115. The smallest absolute Gasteiger partial charge is 0.163 e. The van der Waals surface area contributed by atoms with Crippen LogP contribution in [0.4, 0.5) is 11.5 Å². The number of halogens is 1. The molecule has 0 aliphatic rings. The van der Waals surface area contributed by atoms with E-state index in [0.717, 1.165) is 20.7 Å². The number of aromatic nitrogens is 2. The Morgan fingerprint density at radius 2 is 1.84 bits per heavy atom. The summed E-state index contributed by atoms with van der Waals surface area (Å²) in [5, 5.41) is 14.8. The lowest BCUT2D eigenvalue weighted by molar-refractivity contribution is 0.478. The molecule has 0 saturated carbocycles. The van der Waals surface area contributed by atoms with Gasteiger partial charge in [0, 0.05) is 15.5 Å². The predicted molar refractivity (Wildman–Crippen MR) is 104 cm³/mol. The summed E-state index contributed by atoms with van der Waals surface area (Å²) >= 11 is 7.66. The summed E-state index contributed by atoms with van der Waals surface area (Å²) in [4.78, 5) is 11.4. The molecule has 0 saturated heterocycles. The molecule has 0 aliphatic carbocycles. The molecular weight excluding hydrogens is 354 g/mol. The second kappa shape index (κ2) is 6.35. The Morgan fingerprint density at radius 1 is 1.04 bits per heavy atom. The van der Waals surface area contributed by atoms with Gasteiger partial charge in [-0.25, -0.2) is 9.97 Å². The Bertz CT molecular complexity index is 1060. The van der Waals surface area contributed by atoms with Gasteiger partial charge in [-0.1, -0.05) is 41.9 Å². The van der Waals surface area contributed by atoms with E-state index >= 15 is 0 Å². The highest BCUT2D eigenvalue weighted by Gasteiger charge is 2.13. The third kappa shape index (κ3) is 3.16. The van der Waals surface area contributed by atoms with Crippen molar-refractivity contribution in [1.82, 2.24) is 9.97 Å². The molecule has 2 N–H and O–H groups in total. The van der Waals surface area contributed by atoms with Crippen molar-refractivity contribution in [2.24, 2.45) is 0 Å². The average Bonchev–Trinajstić information content (AvgIpc) is 2.99. The molecule has 0 aliphatic heterocycles. The van der Waals surface area contributed by atoms with Crippen LogP contribution in [0, 0.1) is 6.92 Å².